The average molecular weight is 344 g/mol. The Labute approximate surface area is 111 Å². The molecule has 0 fully saturated rings. The first-order chi connectivity index (χ1) is 7.88. The summed E-state index contributed by atoms with van der Waals surface area (Å²) in [6, 6.07) is 3.33. The van der Waals surface area contributed by atoms with E-state index in [2.05, 4.69) is 20.7 Å². The molecule has 0 bridgehead atoms. The molecule has 1 N–H and O–H groups in total. The second-order valence-corrected chi connectivity index (χ2v) is 5.92. The highest BCUT2D eigenvalue weighted by Crippen LogP contribution is 2.26. The molecule has 1 aromatic carbocycles. The molecule has 0 saturated heterocycles. The molecule has 0 heterocycles. The van der Waals surface area contributed by atoms with Crippen molar-refractivity contribution in [2.45, 2.75) is 4.90 Å². The standard InChI is InChI=1S/C8H8BrClN2O4S/c9-3-4-11-17(15,16)6-1-2-7(10)8(5-6)12(13)14/h1-2,5,11H,3-4H2. The summed E-state index contributed by atoms with van der Waals surface area (Å²) in [7, 11) is -3.74. The van der Waals surface area contributed by atoms with E-state index in [-0.39, 0.29) is 16.5 Å². The topological polar surface area (TPSA) is 89.3 Å². The van der Waals surface area contributed by atoms with Gasteiger partial charge in [-0.15, -0.1) is 0 Å². The molecule has 0 atom stereocenters. The highest BCUT2D eigenvalue weighted by molar-refractivity contribution is 9.09. The van der Waals surface area contributed by atoms with Crippen molar-refractivity contribution in [3.8, 4) is 0 Å². The number of alkyl halides is 1. The molecule has 0 aliphatic carbocycles. The van der Waals surface area contributed by atoms with Gasteiger partial charge in [-0.05, 0) is 12.1 Å². The van der Waals surface area contributed by atoms with Gasteiger partial charge in [-0.1, -0.05) is 27.5 Å². The van der Waals surface area contributed by atoms with Gasteiger partial charge in [-0.25, -0.2) is 13.1 Å². The first kappa shape index (κ1) is 14.4. The van der Waals surface area contributed by atoms with Crippen LogP contribution in [0.3, 0.4) is 0 Å². The third kappa shape index (κ3) is 3.63. The summed E-state index contributed by atoms with van der Waals surface area (Å²) in [4.78, 5) is 9.70. The van der Waals surface area contributed by atoms with E-state index in [0.717, 1.165) is 6.07 Å². The molecule has 0 aliphatic rings. The lowest BCUT2D eigenvalue weighted by molar-refractivity contribution is -0.384. The largest absolute Gasteiger partial charge is 0.289 e. The van der Waals surface area contributed by atoms with Crippen LogP contribution in [0.25, 0.3) is 0 Å². The van der Waals surface area contributed by atoms with Crippen molar-refractivity contribution in [1.82, 2.24) is 4.72 Å². The Bertz CT molecular complexity index is 534. The number of nitro groups is 1. The second-order valence-electron chi connectivity index (χ2n) is 2.96. The van der Waals surface area contributed by atoms with Crippen molar-refractivity contribution in [2.24, 2.45) is 0 Å². The first-order valence-corrected chi connectivity index (χ1v) is 7.36. The number of sulfonamides is 1. The van der Waals surface area contributed by atoms with Crippen LogP contribution in [-0.4, -0.2) is 25.2 Å². The molecular weight excluding hydrogens is 336 g/mol. The second kappa shape index (κ2) is 5.76. The molecule has 0 saturated carbocycles. The van der Waals surface area contributed by atoms with E-state index in [0.29, 0.717) is 5.33 Å². The summed E-state index contributed by atoms with van der Waals surface area (Å²) in [6.07, 6.45) is 0. The van der Waals surface area contributed by atoms with E-state index in [9.17, 15) is 18.5 Å². The number of hydrogen-bond donors (Lipinski definition) is 1. The summed E-state index contributed by atoms with van der Waals surface area (Å²) in [5.74, 6) is 0. The number of benzene rings is 1. The number of nitro benzene ring substituents is 1. The monoisotopic (exact) mass is 342 g/mol. The van der Waals surface area contributed by atoms with Gasteiger partial charge in [0, 0.05) is 17.9 Å². The van der Waals surface area contributed by atoms with E-state index in [1.165, 1.54) is 12.1 Å². The van der Waals surface area contributed by atoms with Gasteiger partial charge in [-0.3, -0.25) is 10.1 Å². The molecule has 1 aromatic rings. The molecule has 94 valence electrons. The molecule has 0 radical (unpaired) electrons. The Hall–Kier alpha value is -0.700. The van der Waals surface area contributed by atoms with Crippen LogP contribution in [0.1, 0.15) is 0 Å². The fourth-order valence-corrected chi connectivity index (χ4v) is 2.75. The summed E-state index contributed by atoms with van der Waals surface area (Å²) < 4.78 is 25.6. The number of halogens is 2. The maximum absolute atomic E-state index is 11.7. The van der Waals surface area contributed by atoms with Crippen molar-refractivity contribution >= 4 is 43.2 Å². The third-order valence-electron chi connectivity index (χ3n) is 1.81. The van der Waals surface area contributed by atoms with Gasteiger partial charge in [0.25, 0.3) is 5.69 Å². The lowest BCUT2D eigenvalue weighted by atomic mass is 10.3. The Balaban J connectivity index is 3.16. The van der Waals surface area contributed by atoms with Crippen LogP contribution in [0.2, 0.25) is 5.02 Å². The van der Waals surface area contributed by atoms with Crippen LogP contribution < -0.4 is 4.72 Å². The summed E-state index contributed by atoms with van der Waals surface area (Å²) in [5.41, 5.74) is -0.437. The van der Waals surface area contributed by atoms with Crippen LogP contribution in [0.5, 0.6) is 0 Å². The maximum Gasteiger partial charge on any atom is 0.289 e. The Morgan fingerprint density at radius 3 is 2.65 bits per heavy atom. The van der Waals surface area contributed by atoms with Gasteiger partial charge in [0.05, 0.1) is 9.82 Å². The maximum atomic E-state index is 11.7. The van der Waals surface area contributed by atoms with E-state index in [1.807, 2.05) is 0 Å². The first-order valence-electron chi connectivity index (χ1n) is 4.38. The number of nitrogens with one attached hydrogen (secondary N) is 1. The van der Waals surface area contributed by atoms with Crippen LogP contribution in [0.4, 0.5) is 5.69 Å². The Morgan fingerprint density at radius 2 is 2.12 bits per heavy atom. The molecule has 1 rings (SSSR count). The van der Waals surface area contributed by atoms with E-state index in [4.69, 9.17) is 11.6 Å². The Kier molecular flexibility index (Phi) is 4.87. The van der Waals surface area contributed by atoms with E-state index < -0.39 is 20.6 Å². The summed E-state index contributed by atoms with van der Waals surface area (Å²) >= 11 is 8.65. The fraction of sp³-hybridized carbons (Fsp3) is 0.250. The minimum Gasteiger partial charge on any atom is -0.258 e. The van der Waals surface area contributed by atoms with Gasteiger partial charge >= 0.3 is 0 Å². The van der Waals surface area contributed by atoms with Gasteiger partial charge in [0.15, 0.2) is 0 Å². The molecule has 17 heavy (non-hydrogen) atoms. The van der Waals surface area contributed by atoms with Crippen molar-refractivity contribution in [1.29, 1.82) is 0 Å². The van der Waals surface area contributed by atoms with Gasteiger partial charge in [-0.2, -0.15) is 0 Å². The van der Waals surface area contributed by atoms with Crippen molar-refractivity contribution in [2.75, 3.05) is 11.9 Å². The lowest BCUT2D eigenvalue weighted by Crippen LogP contribution is -2.25. The average Bonchev–Trinajstić information content (AvgIpc) is 2.26. The van der Waals surface area contributed by atoms with Crippen molar-refractivity contribution < 1.29 is 13.3 Å². The predicted octanol–water partition coefficient (Wildman–Crippen LogP) is 1.92. The molecule has 0 unspecified atom stereocenters. The molecule has 9 heteroatoms. The number of nitrogens with zero attached hydrogens (tertiary/aromatic N) is 1. The zero-order valence-electron chi connectivity index (χ0n) is 8.39. The van der Waals surface area contributed by atoms with Gasteiger partial charge < -0.3 is 0 Å². The molecule has 0 spiro atoms. The highest BCUT2D eigenvalue weighted by atomic mass is 79.9. The quantitative estimate of drug-likeness (QED) is 0.502. The lowest BCUT2D eigenvalue weighted by Gasteiger charge is -2.05. The summed E-state index contributed by atoms with van der Waals surface area (Å²) in [5, 5.41) is 11.0. The van der Waals surface area contributed by atoms with Gasteiger partial charge in [0.1, 0.15) is 5.02 Å². The predicted molar refractivity (Wildman–Crippen MR) is 67.1 cm³/mol. The molecule has 0 aromatic heterocycles. The number of rotatable bonds is 5. The zero-order valence-corrected chi connectivity index (χ0v) is 11.5. The zero-order chi connectivity index (χ0) is 13.1. The van der Waals surface area contributed by atoms with E-state index in [1.54, 1.807) is 0 Å². The van der Waals surface area contributed by atoms with Crippen LogP contribution in [0.15, 0.2) is 23.1 Å². The molecular formula is C8H8BrClN2O4S. The third-order valence-corrected chi connectivity index (χ3v) is 3.99. The van der Waals surface area contributed by atoms with Crippen molar-refractivity contribution in [3.05, 3.63) is 33.3 Å². The fourth-order valence-electron chi connectivity index (χ4n) is 1.06. The highest BCUT2D eigenvalue weighted by Gasteiger charge is 2.19. The summed E-state index contributed by atoms with van der Waals surface area (Å²) in [6.45, 7) is 0.193. The smallest absolute Gasteiger partial charge is 0.258 e. The van der Waals surface area contributed by atoms with Crippen LogP contribution >= 0.6 is 27.5 Å². The van der Waals surface area contributed by atoms with Gasteiger partial charge in [0.2, 0.25) is 10.0 Å². The molecule has 6 nitrogen and oxygen atoms in total. The number of hydrogen-bond acceptors (Lipinski definition) is 4. The molecule has 0 aliphatic heterocycles. The van der Waals surface area contributed by atoms with Crippen LogP contribution in [0, 0.1) is 10.1 Å². The minimum atomic E-state index is -3.74. The minimum absolute atomic E-state index is 0.102. The molecule has 0 amide bonds. The Morgan fingerprint density at radius 1 is 1.47 bits per heavy atom. The van der Waals surface area contributed by atoms with E-state index >= 15 is 0 Å². The van der Waals surface area contributed by atoms with Crippen molar-refractivity contribution in [3.63, 3.8) is 0 Å². The van der Waals surface area contributed by atoms with Crippen LogP contribution in [-0.2, 0) is 10.0 Å². The SMILES string of the molecule is O=[N+]([O-])c1cc(S(=O)(=O)NCCBr)ccc1Cl. The normalized spacial score (nSPS) is 11.4.